The number of benzene rings is 1. The molecule has 2 N–H and O–H groups in total. The van der Waals surface area contributed by atoms with Crippen molar-refractivity contribution in [2.45, 2.75) is 13.8 Å². The molecule has 8 nitrogen and oxygen atoms in total. The number of anilines is 3. The van der Waals surface area contributed by atoms with Gasteiger partial charge in [-0.05, 0) is 27.0 Å². The van der Waals surface area contributed by atoms with Crippen LogP contribution in [-0.4, -0.2) is 64.1 Å². The van der Waals surface area contributed by atoms with E-state index in [2.05, 4.69) is 32.4 Å². The molecular weight excluding hydrogens is 366 g/mol. The number of hydrogen-bond donors (Lipinski definition) is 2. The molecule has 4 rings (SSSR count). The fourth-order valence-corrected chi connectivity index (χ4v) is 3.32. The number of rotatable bonds is 5. The Bertz CT molecular complexity index is 1030. The van der Waals surface area contributed by atoms with Crippen LogP contribution in [0.4, 0.5) is 17.5 Å². The number of carbonyl (C=O) groups excluding carboxylic acids is 1. The van der Waals surface area contributed by atoms with Gasteiger partial charge in [-0.2, -0.15) is 5.10 Å². The first-order valence-corrected chi connectivity index (χ1v) is 9.71. The van der Waals surface area contributed by atoms with Gasteiger partial charge < -0.3 is 15.1 Å². The second kappa shape index (κ2) is 8.00. The number of aromatic amines is 1. The Morgan fingerprint density at radius 3 is 2.59 bits per heavy atom. The second-order valence-corrected chi connectivity index (χ2v) is 7.42. The van der Waals surface area contributed by atoms with E-state index < -0.39 is 0 Å². The molecule has 1 fully saturated rings. The number of nitrogens with zero attached hydrogens (tertiary/aromatic N) is 5. The van der Waals surface area contributed by atoms with Gasteiger partial charge in [0.25, 0.3) is 0 Å². The van der Waals surface area contributed by atoms with E-state index >= 15 is 0 Å². The average Bonchev–Trinajstić information content (AvgIpc) is 3.13. The monoisotopic (exact) mass is 393 g/mol. The van der Waals surface area contributed by atoms with Crippen molar-refractivity contribution < 1.29 is 6.22 Å². The number of piperazine rings is 1. The molecule has 1 aliphatic heterocycles. The molecule has 3 heterocycles. The lowest BCUT2D eigenvalue weighted by molar-refractivity contribution is 0.101. The molecule has 0 radical (unpaired) electrons. The molecule has 0 amide bonds. The van der Waals surface area contributed by atoms with E-state index in [1.54, 1.807) is 6.92 Å². The molecule has 0 saturated carbocycles. The van der Waals surface area contributed by atoms with Crippen LogP contribution in [0.25, 0.3) is 11.4 Å². The molecule has 0 aliphatic carbocycles. The van der Waals surface area contributed by atoms with Crippen LogP contribution in [0.3, 0.4) is 0 Å². The van der Waals surface area contributed by atoms with E-state index in [0.29, 0.717) is 23.0 Å². The topological polar surface area (TPSA) is 90.0 Å². The van der Waals surface area contributed by atoms with Crippen LogP contribution in [-0.2, 0) is 0 Å². The van der Waals surface area contributed by atoms with Crippen molar-refractivity contribution in [3.05, 3.63) is 47.7 Å². The smallest absolute Gasteiger partial charge is 0.163 e. The van der Waals surface area contributed by atoms with Crippen LogP contribution in [0, 0.1) is 6.92 Å². The SMILES string of the molecule is CC(=O)c1cccc(-c2nc(Nc3cc(C)[nH]n3)cc(N3CCN(C)CC3)n2)c1.[HH]. The number of H-pyrrole nitrogens is 1. The van der Waals surface area contributed by atoms with Crippen molar-refractivity contribution >= 4 is 23.2 Å². The molecule has 2 aromatic heterocycles. The Morgan fingerprint density at radius 2 is 1.90 bits per heavy atom. The first-order chi connectivity index (χ1) is 14.0. The molecule has 152 valence electrons. The highest BCUT2D eigenvalue weighted by atomic mass is 16.1. The summed E-state index contributed by atoms with van der Waals surface area (Å²) in [7, 11) is 2.13. The fraction of sp³-hybridized carbons (Fsp3) is 0.333. The maximum atomic E-state index is 11.8. The minimum Gasteiger partial charge on any atom is -0.354 e. The highest BCUT2D eigenvalue weighted by molar-refractivity contribution is 5.95. The van der Waals surface area contributed by atoms with E-state index in [9.17, 15) is 4.79 Å². The lowest BCUT2D eigenvalue weighted by atomic mass is 10.1. The Morgan fingerprint density at radius 1 is 1.10 bits per heavy atom. The summed E-state index contributed by atoms with van der Waals surface area (Å²) in [5.41, 5.74) is 2.43. The fourth-order valence-electron chi connectivity index (χ4n) is 3.32. The van der Waals surface area contributed by atoms with Gasteiger partial charge >= 0.3 is 0 Å². The number of carbonyl (C=O) groups is 1. The lowest BCUT2D eigenvalue weighted by Gasteiger charge is -2.33. The van der Waals surface area contributed by atoms with E-state index in [4.69, 9.17) is 9.97 Å². The van der Waals surface area contributed by atoms with Gasteiger partial charge in [-0.25, -0.2) is 9.97 Å². The summed E-state index contributed by atoms with van der Waals surface area (Å²) < 4.78 is 0. The summed E-state index contributed by atoms with van der Waals surface area (Å²) >= 11 is 0. The summed E-state index contributed by atoms with van der Waals surface area (Å²) in [5, 5.41) is 10.4. The van der Waals surface area contributed by atoms with E-state index in [1.165, 1.54) is 0 Å². The molecule has 0 unspecified atom stereocenters. The average molecular weight is 393 g/mol. The normalized spacial score (nSPS) is 14.8. The molecule has 0 spiro atoms. The third-order valence-corrected chi connectivity index (χ3v) is 5.03. The maximum Gasteiger partial charge on any atom is 0.163 e. The Balaban J connectivity index is 0.00000256. The molecule has 1 saturated heterocycles. The number of nitrogens with one attached hydrogen (secondary N) is 2. The third kappa shape index (κ3) is 4.43. The van der Waals surface area contributed by atoms with E-state index in [1.807, 2.05) is 43.3 Å². The van der Waals surface area contributed by atoms with Gasteiger partial charge in [-0.3, -0.25) is 9.89 Å². The highest BCUT2D eigenvalue weighted by Gasteiger charge is 2.18. The summed E-state index contributed by atoms with van der Waals surface area (Å²) in [4.78, 5) is 25.9. The van der Waals surface area contributed by atoms with Crippen molar-refractivity contribution in [2.24, 2.45) is 0 Å². The molecule has 29 heavy (non-hydrogen) atoms. The Labute approximate surface area is 171 Å². The van der Waals surface area contributed by atoms with Gasteiger partial charge in [0.05, 0.1) is 0 Å². The van der Waals surface area contributed by atoms with Crippen LogP contribution < -0.4 is 10.2 Å². The largest absolute Gasteiger partial charge is 0.354 e. The minimum atomic E-state index is 0. The zero-order valence-electron chi connectivity index (χ0n) is 16.9. The lowest BCUT2D eigenvalue weighted by Crippen LogP contribution is -2.44. The number of aromatic nitrogens is 4. The molecule has 0 atom stereocenters. The minimum absolute atomic E-state index is 0. The number of ketones is 1. The number of Topliss-reactive ketones (excluding diaryl/α,β-unsaturated/α-hetero) is 1. The van der Waals surface area contributed by atoms with Crippen molar-refractivity contribution in [2.75, 3.05) is 43.4 Å². The summed E-state index contributed by atoms with van der Waals surface area (Å²) in [6, 6.07) is 11.3. The van der Waals surface area contributed by atoms with Crippen LogP contribution in [0.2, 0.25) is 0 Å². The van der Waals surface area contributed by atoms with Crippen molar-refractivity contribution in [1.82, 2.24) is 25.1 Å². The predicted octanol–water partition coefficient (Wildman–Crippen LogP) is 3.12. The van der Waals surface area contributed by atoms with Crippen molar-refractivity contribution in [3.8, 4) is 11.4 Å². The first kappa shape index (κ1) is 19.1. The molecule has 1 aromatic carbocycles. The Hall–Kier alpha value is -3.26. The summed E-state index contributed by atoms with van der Waals surface area (Å²) in [5.74, 6) is 2.84. The summed E-state index contributed by atoms with van der Waals surface area (Å²) in [6.45, 7) is 7.30. The predicted molar refractivity (Wildman–Crippen MR) is 116 cm³/mol. The molecule has 0 bridgehead atoms. The number of likely N-dealkylation sites (N-methyl/N-ethyl adjacent to an activating group) is 1. The molecule has 8 heteroatoms. The van der Waals surface area contributed by atoms with Gasteiger partial charge in [0, 0.05) is 56.6 Å². The van der Waals surface area contributed by atoms with Crippen LogP contribution >= 0.6 is 0 Å². The standard InChI is InChI=1S/C21H25N7O.H2/c1-14-11-19(26-25-14)22-18-13-20(28-9-7-27(3)8-10-28)24-21(23-18)17-6-4-5-16(12-17)15(2)29;/h4-6,11-13H,7-10H2,1-3H3,(H2,22,23,24,25,26);1H. The van der Waals surface area contributed by atoms with Gasteiger partial charge in [-0.1, -0.05) is 18.2 Å². The number of aryl methyl sites for hydroxylation is 1. The van der Waals surface area contributed by atoms with Gasteiger partial charge in [0.15, 0.2) is 17.4 Å². The maximum absolute atomic E-state index is 11.8. The summed E-state index contributed by atoms with van der Waals surface area (Å²) in [6.07, 6.45) is 0. The number of hydrogen-bond acceptors (Lipinski definition) is 7. The van der Waals surface area contributed by atoms with Crippen molar-refractivity contribution in [1.29, 1.82) is 0 Å². The third-order valence-electron chi connectivity index (χ3n) is 5.03. The zero-order chi connectivity index (χ0) is 20.4. The van der Waals surface area contributed by atoms with E-state index in [-0.39, 0.29) is 7.21 Å². The molecule has 1 aliphatic rings. The Kier molecular flexibility index (Phi) is 5.26. The van der Waals surface area contributed by atoms with Crippen LogP contribution in [0.1, 0.15) is 24.4 Å². The van der Waals surface area contributed by atoms with Gasteiger partial charge in [0.1, 0.15) is 11.6 Å². The second-order valence-electron chi connectivity index (χ2n) is 7.42. The van der Waals surface area contributed by atoms with Gasteiger partial charge in [0.2, 0.25) is 0 Å². The quantitative estimate of drug-likeness (QED) is 0.644. The van der Waals surface area contributed by atoms with Crippen LogP contribution in [0.15, 0.2) is 36.4 Å². The molecular formula is C21H27N7O. The van der Waals surface area contributed by atoms with E-state index in [0.717, 1.165) is 43.3 Å². The zero-order valence-corrected chi connectivity index (χ0v) is 16.9. The first-order valence-electron chi connectivity index (χ1n) is 9.71. The highest BCUT2D eigenvalue weighted by Crippen LogP contribution is 2.25. The molecule has 3 aromatic rings. The van der Waals surface area contributed by atoms with Crippen molar-refractivity contribution in [3.63, 3.8) is 0 Å². The van der Waals surface area contributed by atoms with Gasteiger partial charge in [-0.15, -0.1) is 0 Å². The van der Waals surface area contributed by atoms with Crippen LogP contribution in [0.5, 0.6) is 0 Å².